The number of esters is 1. The van der Waals surface area contributed by atoms with E-state index in [1.54, 1.807) is 19.1 Å². The maximum Gasteiger partial charge on any atom is 0.338 e. The molecule has 5 heteroatoms. The van der Waals surface area contributed by atoms with E-state index in [2.05, 4.69) is 5.32 Å². The quantitative estimate of drug-likeness (QED) is 0.672. The number of hydrogen-bond donors (Lipinski definition) is 1. The van der Waals surface area contributed by atoms with Crippen LogP contribution >= 0.6 is 24.0 Å². The van der Waals surface area contributed by atoms with Crippen LogP contribution in [0.4, 0.5) is 0 Å². The van der Waals surface area contributed by atoms with Crippen molar-refractivity contribution >= 4 is 34.3 Å². The molecule has 0 aromatic heterocycles. The molecule has 0 amide bonds. The molecular formula is C12H15NO2S2. The number of hydrogen-bond acceptors (Lipinski definition) is 4. The van der Waals surface area contributed by atoms with E-state index >= 15 is 0 Å². The first-order chi connectivity index (χ1) is 8.17. The average Bonchev–Trinajstić information content (AvgIpc) is 2.36. The summed E-state index contributed by atoms with van der Waals surface area (Å²) < 4.78 is 5.67. The van der Waals surface area contributed by atoms with Crippen LogP contribution in [0.5, 0.6) is 0 Å². The number of thioether (sulfide) groups is 1. The largest absolute Gasteiger partial charge is 0.462 e. The van der Waals surface area contributed by atoms with Gasteiger partial charge in [-0.25, -0.2) is 4.79 Å². The molecule has 0 heterocycles. The Balaban J connectivity index is 2.56. The minimum atomic E-state index is -0.286. The maximum absolute atomic E-state index is 11.4. The molecular weight excluding hydrogens is 254 g/mol. The van der Waals surface area contributed by atoms with Gasteiger partial charge < -0.3 is 10.1 Å². The molecule has 3 nitrogen and oxygen atoms in total. The van der Waals surface area contributed by atoms with Crippen molar-refractivity contribution in [1.29, 1.82) is 0 Å². The lowest BCUT2D eigenvalue weighted by Gasteiger charge is -2.06. The van der Waals surface area contributed by atoms with Crippen molar-refractivity contribution in [2.24, 2.45) is 0 Å². The molecule has 17 heavy (non-hydrogen) atoms. The number of rotatable bonds is 4. The highest BCUT2D eigenvalue weighted by atomic mass is 32.2. The number of thiocarbonyl (C=S) groups is 1. The Morgan fingerprint density at radius 2 is 2.06 bits per heavy atom. The predicted molar refractivity (Wildman–Crippen MR) is 75.4 cm³/mol. The van der Waals surface area contributed by atoms with Gasteiger partial charge in [0.25, 0.3) is 0 Å². The summed E-state index contributed by atoms with van der Waals surface area (Å²) in [5.41, 5.74) is 1.65. The van der Waals surface area contributed by atoms with Gasteiger partial charge in [0.15, 0.2) is 0 Å². The van der Waals surface area contributed by atoms with Gasteiger partial charge in [0.1, 0.15) is 4.32 Å². The first-order valence-electron chi connectivity index (χ1n) is 5.25. The topological polar surface area (TPSA) is 38.3 Å². The van der Waals surface area contributed by atoms with Crippen LogP contribution in [0.2, 0.25) is 0 Å². The van der Waals surface area contributed by atoms with Gasteiger partial charge in [-0.15, -0.1) is 11.8 Å². The molecule has 0 fully saturated rings. The molecule has 92 valence electrons. The highest BCUT2D eigenvalue weighted by Crippen LogP contribution is 2.06. The van der Waals surface area contributed by atoms with Crippen LogP contribution in [0.1, 0.15) is 22.8 Å². The molecule has 0 bridgehead atoms. The highest BCUT2D eigenvalue weighted by Gasteiger charge is 2.05. The zero-order chi connectivity index (χ0) is 12.7. The SMILES string of the molecule is CCOC(=O)c1ccc(CNC(=S)SC)cc1. The summed E-state index contributed by atoms with van der Waals surface area (Å²) >= 11 is 6.54. The number of ether oxygens (including phenoxy) is 1. The van der Waals surface area contributed by atoms with Gasteiger partial charge >= 0.3 is 5.97 Å². The number of carbonyl (C=O) groups is 1. The number of carbonyl (C=O) groups excluding carboxylic acids is 1. The van der Waals surface area contributed by atoms with Crippen LogP contribution in [-0.2, 0) is 11.3 Å². The summed E-state index contributed by atoms with van der Waals surface area (Å²) in [6.45, 7) is 2.85. The van der Waals surface area contributed by atoms with Crippen molar-refractivity contribution in [2.45, 2.75) is 13.5 Å². The van der Waals surface area contributed by atoms with Crippen LogP contribution in [0.25, 0.3) is 0 Å². The monoisotopic (exact) mass is 269 g/mol. The molecule has 1 aromatic carbocycles. The zero-order valence-corrected chi connectivity index (χ0v) is 11.5. The lowest BCUT2D eigenvalue weighted by molar-refractivity contribution is 0.0526. The fourth-order valence-corrected chi connectivity index (χ4v) is 1.51. The van der Waals surface area contributed by atoms with E-state index in [9.17, 15) is 4.79 Å². The lowest BCUT2D eigenvalue weighted by Crippen LogP contribution is -2.17. The van der Waals surface area contributed by atoms with Gasteiger partial charge in [-0.2, -0.15) is 0 Å². The van der Waals surface area contributed by atoms with Crippen LogP contribution in [0, 0.1) is 0 Å². The fourth-order valence-electron chi connectivity index (χ4n) is 1.22. The van der Waals surface area contributed by atoms with E-state index in [0.717, 1.165) is 9.88 Å². The van der Waals surface area contributed by atoms with Crippen LogP contribution in [0.3, 0.4) is 0 Å². The minimum absolute atomic E-state index is 0.286. The van der Waals surface area contributed by atoms with Gasteiger partial charge in [-0.1, -0.05) is 24.4 Å². The molecule has 1 rings (SSSR count). The summed E-state index contributed by atoms with van der Waals surface area (Å²) in [5.74, 6) is -0.286. The smallest absolute Gasteiger partial charge is 0.338 e. The minimum Gasteiger partial charge on any atom is -0.462 e. The summed E-state index contributed by atoms with van der Waals surface area (Å²) in [7, 11) is 0. The van der Waals surface area contributed by atoms with Crippen molar-refractivity contribution in [2.75, 3.05) is 12.9 Å². The van der Waals surface area contributed by atoms with Crippen molar-refractivity contribution in [3.05, 3.63) is 35.4 Å². The van der Waals surface area contributed by atoms with Crippen LogP contribution < -0.4 is 5.32 Å². The summed E-state index contributed by atoms with van der Waals surface area (Å²) in [4.78, 5) is 11.4. The number of benzene rings is 1. The van der Waals surface area contributed by atoms with Crippen LogP contribution in [0.15, 0.2) is 24.3 Å². The molecule has 0 radical (unpaired) electrons. The summed E-state index contributed by atoms with van der Waals surface area (Å²) in [6, 6.07) is 7.30. The van der Waals surface area contributed by atoms with Crippen molar-refractivity contribution in [3.63, 3.8) is 0 Å². The molecule has 0 aliphatic carbocycles. The number of nitrogens with one attached hydrogen (secondary N) is 1. The average molecular weight is 269 g/mol. The van der Waals surface area contributed by atoms with Gasteiger partial charge in [-0.05, 0) is 30.9 Å². The van der Waals surface area contributed by atoms with E-state index in [4.69, 9.17) is 17.0 Å². The first kappa shape index (κ1) is 14.0. The third kappa shape index (κ3) is 4.75. The zero-order valence-electron chi connectivity index (χ0n) is 9.86. The molecule has 0 saturated heterocycles. The Morgan fingerprint density at radius 1 is 1.41 bits per heavy atom. The molecule has 0 atom stereocenters. The van der Waals surface area contributed by atoms with Crippen molar-refractivity contribution < 1.29 is 9.53 Å². The Hall–Kier alpha value is -1.07. The first-order valence-corrected chi connectivity index (χ1v) is 6.88. The van der Waals surface area contributed by atoms with E-state index in [1.807, 2.05) is 18.4 Å². The third-order valence-corrected chi connectivity index (χ3v) is 3.25. The van der Waals surface area contributed by atoms with E-state index in [1.165, 1.54) is 11.8 Å². The molecule has 1 N–H and O–H groups in total. The van der Waals surface area contributed by atoms with Crippen molar-refractivity contribution in [1.82, 2.24) is 5.32 Å². The highest BCUT2D eigenvalue weighted by molar-refractivity contribution is 8.22. The summed E-state index contributed by atoms with van der Waals surface area (Å²) in [5, 5.41) is 3.10. The van der Waals surface area contributed by atoms with Crippen molar-refractivity contribution in [3.8, 4) is 0 Å². The molecule has 0 spiro atoms. The van der Waals surface area contributed by atoms with E-state index in [0.29, 0.717) is 18.7 Å². The molecule has 0 saturated carbocycles. The van der Waals surface area contributed by atoms with Gasteiger partial charge in [0.05, 0.1) is 12.2 Å². The predicted octanol–water partition coefficient (Wildman–Crippen LogP) is 2.60. The van der Waals surface area contributed by atoms with Crippen LogP contribution in [-0.4, -0.2) is 23.2 Å². The summed E-state index contributed by atoms with van der Waals surface area (Å²) in [6.07, 6.45) is 1.93. The molecule has 0 aliphatic rings. The standard InChI is InChI=1S/C12H15NO2S2/c1-3-15-11(14)10-6-4-9(5-7-10)8-13-12(16)17-2/h4-7H,3,8H2,1-2H3,(H,13,16). The molecule has 0 aliphatic heterocycles. The van der Waals surface area contributed by atoms with E-state index < -0.39 is 0 Å². The Kier molecular flexibility index (Phi) is 6.00. The maximum atomic E-state index is 11.4. The normalized spacial score (nSPS) is 9.76. The third-order valence-electron chi connectivity index (χ3n) is 2.09. The second kappa shape index (κ2) is 7.29. The molecule has 1 aromatic rings. The Labute approximate surface area is 111 Å². The van der Waals surface area contributed by atoms with Gasteiger partial charge in [0, 0.05) is 6.54 Å². The fraction of sp³-hybridized carbons (Fsp3) is 0.333. The Morgan fingerprint density at radius 3 is 2.59 bits per heavy atom. The van der Waals surface area contributed by atoms with E-state index in [-0.39, 0.29) is 5.97 Å². The van der Waals surface area contributed by atoms with Gasteiger partial charge in [0.2, 0.25) is 0 Å². The second-order valence-corrected chi connectivity index (χ2v) is 4.75. The lowest BCUT2D eigenvalue weighted by atomic mass is 10.1. The van der Waals surface area contributed by atoms with Gasteiger partial charge in [-0.3, -0.25) is 0 Å². The second-order valence-electron chi connectivity index (χ2n) is 3.26. The Bertz CT molecular complexity index is 390. The molecule has 0 unspecified atom stereocenters.